The summed E-state index contributed by atoms with van der Waals surface area (Å²) >= 11 is 0. The number of amides is 3. The number of hydrogen-bond acceptors (Lipinski definition) is 4. The number of nitrogens with zero attached hydrogens (tertiary/aromatic N) is 3. The summed E-state index contributed by atoms with van der Waals surface area (Å²) in [5.41, 5.74) is -0.232. The molecule has 1 aliphatic heterocycles. The van der Waals surface area contributed by atoms with E-state index in [4.69, 9.17) is 0 Å². The van der Waals surface area contributed by atoms with E-state index in [1.54, 1.807) is 11.9 Å². The maximum atomic E-state index is 12.5. The standard InChI is InChI=1S/C20H36N4O3/c1-20(2,3)21-17(25)14-23-10-12-24(13-11-23)18(26)15-22(4)19(27)16-8-6-5-7-9-16/h16H,5-15H2,1-4H3,(H,21,25). The molecule has 1 N–H and O–H groups in total. The summed E-state index contributed by atoms with van der Waals surface area (Å²) in [5, 5.41) is 2.96. The molecule has 2 fully saturated rings. The molecule has 2 aliphatic rings. The van der Waals surface area contributed by atoms with E-state index in [9.17, 15) is 14.4 Å². The van der Waals surface area contributed by atoms with Gasteiger partial charge in [-0.05, 0) is 33.6 Å². The maximum absolute atomic E-state index is 12.5. The molecular formula is C20H36N4O3. The third-order valence-electron chi connectivity index (χ3n) is 5.31. The summed E-state index contributed by atoms with van der Waals surface area (Å²) in [6.07, 6.45) is 5.34. The highest BCUT2D eigenvalue weighted by atomic mass is 16.2. The molecule has 1 heterocycles. The van der Waals surface area contributed by atoms with Gasteiger partial charge in [0.2, 0.25) is 17.7 Å². The van der Waals surface area contributed by atoms with Crippen LogP contribution in [0.5, 0.6) is 0 Å². The molecule has 154 valence electrons. The fraction of sp³-hybridized carbons (Fsp3) is 0.850. The molecule has 0 bridgehead atoms. The van der Waals surface area contributed by atoms with Crippen molar-refractivity contribution in [3.8, 4) is 0 Å². The first kappa shape index (κ1) is 21.7. The van der Waals surface area contributed by atoms with E-state index < -0.39 is 0 Å². The number of hydrogen-bond donors (Lipinski definition) is 1. The van der Waals surface area contributed by atoms with Crippen LogP contribution in [0.15, 0.2) is 0 Å². The van der Waals surface area contributed by atoms with Gasteiger partial charge in [-0.2, -0.15) is 0 Å². The number of nitrogens with one attached hydrogen (secondary N) is 1. The summed E-state index contributed by atoms with van der Waals surface area (Å²) < 4.78 is 0. The molecule has 7 heteroatoms. The van der Waals surface area contributed by atoms with Gasteiger partial charge in [0.15, 0.2) is 0 Å². The van der Waals surface area contributed by atoms with Crippen LogP contribution in [-0.4, -0.2) is 84.3 Å². The van der Waals surface area contributed by atoms with Gasteiger partial charge in [0.25, 0.3) is 0 Å². The Morgan fingerprint density at radius 1 is 1.00 bits per heavy atom. The van der Waals surface area contributed by atoms with Gasteiger partial charge in [0.05, 0.1) is 13.1 Å². The number of likely N-dealkylation sites (N-methyl/N-ethyl adjacent to an activating group) is 1. The zero-order chi connectivity index (χ0) is 20.0. The molecule has 27 heavy (non-hydrogen) atoms. The Morgan fingerprint density at radius 2 is 1.59 bits per heavy atom. The molecule has 0 aromatic carbocycles. The van der Waals surface area contributed by atoms with Crippen LogP contribution in [0.1, 0.15) is 52.9 Å². The van der Waals surface area contributed by atoms with Crippen molar-refractivity contribution in [1.82, 2.24) is 20.0 Å². The number of rotatable bonds is 5. The van der Waals surface area contributed by atoms with Gasteiger partial charge in [-0.1, -0.05) is 19.3 Å². The molecule has 0 spiro atoms. The normalized spacial score (nSPS) is 19.6. The van der Waals surface area contributed by atoms with Crippen molar-refractivity contribution in [3.05, 3.63) is 0 Å². The highest BCUT2D eigenvalue weighted by molar-refractivity contribution is 5.86. The third kappa shape index (κ3) is 7.13. The lowest BCUT2D eigenvalue weighted by molar-refractivity contribution is -0.143. The third-order valence-corrected chi connectivity index (χ3v) is 5.31. The smallest absolute Gasteiger partial charge is 0.242 e. The van der Waals surface area contributed by atoms with E-state index in [-0.39, 0.29) is 35.7 Å². The summed E-state index contributed by atoms with van der Waals surface area (Å²) in [5.74, 6) is 0.218. The summed E-state index contributed by atoms with van der Waals surface area (Å²) in [7, 11) is 1.74. The predicted octanol–water partition coefficient (Wildman–Crippen LogP) is 1.08. The van der Waals surface area contributed by atoms with Gasteiger partial charge in [-0.3, -0.25) is 19.3 Å². The van der Waals surface area contributed by atoms with Crippen molar-refractivity contribution in [2.24, 2.45) is 5.92 Å². The SMILES string of the molecule is CN(CC(=O)N1CCN(CC(=O)NC(C)(C)C)CC1)C(=O)C1CCCCC1. The van der Waals surface area contributed by atoms with E-state index >= 15 is 0 Å². The van der Waals surface area contributed by atoms with Gasteiger partial charge in [-0.15, -0.1) is 0 Å². The summed E-state index contributed by atoms with van der Waals surface area (Å²) in [6.45, 7) is 8.98. The molecule has 0 aromatic rings. The van der Waals surface area contributed by atoms with Crippen LogP contribution < -0.4 is 5.32 Å². The van der Waals surface area contributed by atoms with Crippen LogP contribution in [0.4, 0.5) is 0 Å². The minimum absolute atomic E-state index is 0.000419. The van der Waals surface area contributed by atoms with Crippen LogP contribution in [-0.2, 0) is 14.4 Å². The van der Waals surface area contributed by atoms with Crippen molar-refractivity contribution in [1.29, 1.82) is 0 Å². The van der Waals surface area contributed by atoms with Gasteiger partial charge in [0.1, 0.15) is 0 Å². The first-order chi connectivity index (χ1) is 12.7. The van der Waals surface area contributed by atoms with Crippen molar-refractivity contribution in [3.63, 3.8) is 0 Å². The molecule has 0 atom stereocenters. The largest absolute Gasteiger partial charge is 0.350 e. The van der Waals surface area contributed by atoms with Crippen molar-refractivity contribution >= 4 is 17.7 Å². The summed E-state index contributed by atoms with van der Waals surface area (Å²) in [6, 6.07) is 0. The lowest BCUT2D eigenvalue weighted by Crippen LogP contribution is -2.54. The molecule has 0 unspecified atom stereocenters. The Labute approximate surface area is 163 Å². The minimum atomic E-state index is -0.232. The molecule has 0 aromatic heterocycles. The monoisotopic (exact) mass is 380 g/mol. The minimum Gasteiger partial charge on any atom is -0.350 e. The second-order valence-corrected chi connectivity index (χ2v) is 8.98. The fourth-order valence-electron chi connectivity index (χ4n) is 3.86. The highest BCUT2D eigenvalue weighted by Crippen LogP contribution is 2.25. The van der Waals surface area contributed by atoms with Crippen molar-refractivity contribution in [2.75, 3.05) is 46.3 Å². The first-order valence-electron chi connectivity index (χ1n) is 10.2. The van der Waals surface area contributed by atoms with E-state index in [0.29, 0.717) is 32.7 Å². The Morgan fingerprint density at radius 3 is 2.15 bits per heavy atom. The average molecular weight is 381 g/mol. The van der Waals surface area contributed by atoms with E-state index in [1.807, 2.05) is 25.7 Å². The van der Waals surface area contributed by atoms with Crippen LogP contribution in [0, 0.1) is 5.92 Å². The average Bonchev–Trinajstić information content (AvgIpc) is 2.60. The molecule has 3 amide bonds. The van der Waals surface area contributed by atoms with Crippen LogP contribution in [0.2, 0.25) is 0 Å². The van der Waals surface area contributed by atoms with Gasteiger partial charge < -0.3 is 15.1 Å². The number of carbonyl (C=O) groups is 3. The Bertz CT molecular complexity index is 530. The Hall–Kier alpha value is -1.63. The van der Waals surface area contributed by atoms with Crippen molar-refractivity contribution < 1.29 is 14.4 Å². The highest BCUT2D eigenvalue weighted by Gasteiger charge is 2.28. The van der Waals surface area contributed by atoms with Gasteiger partial charge in [0, 0.05) is 44.7 Å². The maximum Gasteiger partial charge on any atom is 0.242 e. The zero-order valence-corrected chi connectivity index (χ0v) is 17.4. The van der Waals surface area contributed by atoms with Gasteiger partial charge in [-0.25, -0.2) is 0 Å². The van der Waals surface area contributed by atoms with Gasteiger partial charge >= 0.3 is 0 Å². The molecule has 7 nitrogen and oxygen atoms in total. The molecule has 1 aliphatic carbocycles. The second kappa shape index (κ2) is 9.53. The van der Waals surface area contributed by atoms with E-state index in [1.165, 1.54) is 6.42 Å². The molecular weight excluding hydrogens is 344 g/mol. The molecule has 0 radical (unpaired) electrons. The Balaban J connectivity index is 1.72. The molecule has 2 rings (SSSR count). The molecule has 1 saturated heterocycles. The van der Waals surface area contributed by atoms with Crippen molar-refractivity contribution in [2.45, 2.75) is 58.4 Å². The van der Waals surface area contributed by atoms with Crippen LogP contribution in [0.3, 0.4) is 0 Å². The lowest BCUT2D eigenvalue weighted by atomic mass is 9.88. The topological polar surface area (TPSA) is 73.0 Å². The fourth-order valence-corrected chi connectivity index (χ4v) is 3.86. The zero-order valence-electron chi connectivity index (χ0n) is 17.4. The summed E-state index contributed by atoms with van der Waals surface area (Å²) in [4.78, 5) is 42.6. The first-order valence-corrected chi connectivity index (χ1v) is 10.2. The lowest BCUT2D eigenvalue weighted by Gasteiger charge is -2.36. The second-order valence-electron chi connectivity index (χ2n) is 8.98. The Kier molecular flexibility index (Phi) is 7.65. The van der Waals surface area contributed by atoms with Crippen LogP contribution >= 0.6 is 0 Å². The quantitative estimate of drug-likeness (QED) is 0.775. The van der Waals surface area contributed by atoms with E-state index in [2.05, 4.69) is 10.2 Å². The van der Waals surface area contributed by atoms with E-state index in [0.717, 1.165) is 25.7 Å². The number of piperazine rings is 1. The van der Waals surface area contributed by atoms with Crippen LogP contribution in [0.25, 0.3) is 0 Å². The molecule has 1 saturated carbocycles. The number of carbonyl (C=O) groups excluding carboxylic acids is 3. The predicted molar refractivity (Wildman–Crippen MR) is 105 cm³/mol.